The van der Waals surface area contributed by atoms with Gasteiger partial charge in [-0.05, 0) is 31.8 Å². The summed E-state index contributed by atoms with van der Waals surface area (Å²) in [5, 5.41) is 12.8. The molecule has 100 valence electrons. The molecule has 1 aliphatic heterocycles. The summed E-state index contributed by atoms with van der Waals surface area (Å²) in [5.74, 6) is 0.609. The first-order chi connectivity index (χ1) is 8.13. The third kappa shape index (κ3) is 5.48. The van der Waals surface area contributed by atoms with Gasteiger partial charge in [0, 0.05) is 27.1 Å². The number of methoxy groups -OCH3 is 1. The highest BCUT2D eigenvalue weighted by Gasteiger charge is 2.20. The molecule has 5 heteroatoms. The van der Waals surface area contributed by atoms with Crippen molar-refractivity contribution >= 4 is 5.91 Å². The Bertz CT molecular complexity index is 230. The van der Waals surface area contributed by atoms with Gasteiger partial charge in [-0.25, -0.2) is 0 Å². The van der Waals surface area contributed by atoms with Crippen molar-refractivity contribution in [3.63, 3.8) is 0 Å². The van der Waals surface area contributed by atoms with Crippen LogP contribution >= 0.6 is 0 Å². The fourth-order valence-corrected chi connectivity index (χ4v) is 2.15. The summed E-state index contributed by atoms with van der Waals surface area (Å²) in [6.45, 7) is 2.63. The first-order valence-electron chi connectivity index (χ1n) is 6.25. The number of piperidine rings is 1. The number of carbonyl (C=O) groups excluding carboxylic acids is 1. The van der Waals surface area contributed by atoms with E-state index in [0.29, 0.717) is 18.9 Å². The lowest BCUT2D eigenvalue weighted by molar-refractivity contribution is -0.132. The Hall–Kier alpha value is -0.650. The zero-order valence-electron chi connectivity index (χ0n) is 10.8. The van der Waals surface area contributed by atoms with E-state index in [2.05, 4.69) is 5.32 Å². The molecule has 1 rings (SSSR count). The molecule has 0 bridgehead atoms. The van der Waals surface area contributed by atoms with Gasteiger partial charge in [0.25, 0.3) is 0 Å². The van der Waals surface area contributed by atoms with Crippen LogP contribution in [-0.2, 0) is 9.53 Å². The van der Waals surface area contributed by atoms with E-state index in [-0.39, 0.29) is 12.5 Å². The Labute approximate surface area is 103 Å². The summed E-state index contributed by atoms with van der Waals surface area (Å²) in [4.78, 5) is 13.5. The summed E-state index contributed by atoms with van der Waals surface area (Å²) in [6, 6.07) is 0. The number of likely N-dealkylation sites (N-methyl/N-ethyl adjacent to an activating group) is 1. The number of amides is 1. The van der Waals surface area contributed by atoms with Gasteiger partial charge in [-0.2, -0.15) is 0 Å². The van der Waals surface area contributed by atoms with E-state index in [1.807, 2.05) is 0 Å². The summed E-state index contributed by atoms with van der Waals surface area (Å²) >= 11 is 0. The van der Waals surface area contributed by atoms with Crippen molar-refractivity contribution in [2.24, 2.45) is 5.92 Å². The molecule has 1 aliphatic rings. The molecule has 1 unspecified atom stereocenters. The minimum Gasteiger partial charge on any atom is -0.389 e. The van der Waals surface area contributed by atoms with Crippen LogP contribution in [0.5, 0.6) is 0 Å². The van der Waals surface area contributed by atoms with E-state index in [9.17, 15) is 9.90 Å². The molecule has 17 heavy (non-hydrogen) atoms. The van der Waals surface area contributed by atoms with Crippen molar-refractivity contribution in [1.29, 1.82) is 0 Å². The van der Waals surface area contributed by atoms with Gasteiger partial charge in [0.05, 0.1) is 12.7 Å². The van der Waals surface area contributed by atoms with Gasteiger partial charge >= 0.3 is 0 Å². The molecule has 1 atom stereocenters. The molecule has 0 saturated carbocycles. The predicted octanol–water partition coefficient (Wildman–Crippen LogP) is -0.158. The topological polar surface area (TPSA) is 61.8 Å². The van der Waals surface area contributed by atoms with Crippen LogP contribution in [0.1, 0.15) is 19.3 Å². The smallest absolute Gasteiger partial charge is 0.222 e. The molecule has 1 heterocycles. The Morgan fingerprint density at radius 2 is 2.18 bits per heavy atom. The van der Waals surface area contributed by atoms with Crippen LogP contribution in [0.15, 0.2) is 0 Å². The zero-order chi connectivity index (χ0) is 12.7. The fourth-order valence-electron chi connectivity index (χ4n) is 2.15. The zero-order valence-corrected chi connectivity index (χ0v) is 10.8. The highest BCUT2D eigenvalue weighted by Crippen LogP contribution is 2.16. The van der Waals surface area contributed by atoms with Crippen LogP contribution < -0.4 is 5.32 Å². The normalized spacial score (nSPS) is 19.0. The fraction of sp³-hybridized carbons (Fsp3) is 0.917. The molecule has 0 aromatic heterocycles. The standard InChI is InChI=1S/C12H24N2O3/c1-14(8-11(15)9-17-2)12(16)7-10-3-5-13-6-4-10/h10-11,13,15H,3-9H2,1-2H3. The Morgan fingerprint density at radius 1 is 1.53 bits per heavy atom. The van der Waals surface area contributed by atoms with Crippen molar-refractivity contribution in [2.75, 3.05) is 40.4 Å². The molecule has 1 amide bonds. The maximum absolute atomic E-state index is 11.9. The SMILES string of the molecule is COCC(O)CN(C)C(=O)CC1CCNCC1. The van der Waals surface area contributed by atoms with Crippen LogP contribution in [-0.4, -0.2) is 62.4 Å². The average Bonchev–Trinajstić information content (AvgIpc) is 2.30. The van der Waals surface area contributed by atoms with Crippen LogP contribution in [0.2, 0.25) is 0 Å². The number of rotatable bonds is 6. The maximum Gasteiger partial charge on any atom is 0.222 e. The molecule has 1 fully saturated rings. The van der Waals surface area contributed by atoms with E-state index in [4.69, 9.17) is 4.74 Å². The number of hydrogen-bond acceptors (Lipinski definition) is 4. The summed E-state index contributed by atoms with van der Waals surface area (Å²) in [7, 11) is 3.28. The molecule has 0 spiro atoms. The summed E-state index contributed by atoms with van der Waals surface area (Å²) in [6.07, 6.45) is 2.14. The van der Waals surface area contributed by atoms with Crippen molar-refractivity contribution < 1.29 is 14.6 Å². The Morgan fingerprint density at radius 3 is 2.76 bits per heavy atom. The van der Waals surface area contributed by atoms with Crippen molar-refractivity contribution in [2.45, 2.75) is 25.4 Å². The Kier molecular flexibility index (Phi) is 6.47. The average molecular weight is 244 g/mol. The highest BCUT2D eigenvalue weighted by molar-refractivity contribution is 5.76. The summed E-state index contributed by atoms with van der Waals surface area (Å²) < 4.78 is 4.84. The van der Waals surface area contributed by atoms with E-state index in [1.165, 1.54) is 0 Å². The van der Waals surface area contributed by atoms with Crippen molar-refractivity contribution in [3.05, 3.63) is 0 Å². The Balaban J connectivity index is 2.25. The molecule has 1 saturated heterocycles. The number of ether oxygens (including phenoxy) is 1. The van der Waals surface area contributed by atoms with Crippen LogP contribution in [0, 0.1) is 5.92 Å². The largest absolute Gasteiger partial charge is 0.389 e. The van der Waals surface area contributed by atoms with Gasteiger partial charge in [-0.1, -0.05) is 0 Å². The molecule has 0 aliphatic carbocycles. The third-order valence-electron chi connectivity index (χ3n) is 3.19. The summed E-state index contributed by atoms with van der Waals surface area (Å²) in [5.41, 5.74) is 0. The van der Waals surface area contributed by atoms with E-state index >= 15 is 0 Å². The van der Waals surface area contributed by atoms with Gasteiger partial charge in [-0.3, -0.25) is 4.79 Å². The maximum atomic E-state index is 11.9. The highest BCUT2D eigenvalue weighted by atomic mass is 16.5. The second kappa shape index (κ2) is 7.63. The predicted molar refractivity (Wildman–Crippen MR) is 65.7 cm³/mol. The molecular weight excluding hydrogens is 220 g/mol. The lowest BCUT2D eigenvalue weighted by Crippen LogP contribution is -2.38. The first kappa shape index (κ1) is 14.4. The van der Waals surface area contributed by atoms with Gasteiger partial charge in [-0.15, -0.1) is 0 Å². The first-order valence-corrected chi connectivity index (χ1v) is 6.25. The van der Waals surface area contributed by atoms with E-state index in [1.54, 1.807) is 19.1 Å². The van der Waals surface area contributed by atoms with Crippen LogP contribution in [0.3, 0.4) is 0 Å². The number of aliphatic hydroxyl groups excluding tert-OH is 1. The van der Waals surface area contributed by atoms with Crippen molar-refractivity contribution in [1.82, 2.24) is 10.2 Å². The number of aliphatic hydroxyl groups is 1. The molecule has 5 nitrogen and oxygen atoms in total. The van der Waals surface area contributed by atoms with Crippen LogP contribution in [0.25, 0.3) is 0 Å². The number of nitrogens with zero attached hydrogens (tertiary/aromatic N) is 1. The quantitative estimate of drug-likeness (QED) is 0.682. The second-order valence-corrected chi connectivity index (χ2v) is 4.78. The minimum absolute atomic E-state index is 0.118. The monoisotopic (exact) mass is 244 g/mol. The van der Waals surface area contributed by atoms with E-state index in [0.717, 1.165) is 25.9 Å². The van der Waals surface area contributed by atoms with Gasteiger partial charge < -0.3 is 20.1 Å². The van der Waals surface area contributed by atoms with Gasteiger partial charge in [0.2, 0.25) is 5.91 Å². The number of nitrogens with one attached hydrogen (secondary N) is 1. The lowest BCUT2D eigenvalue weighted by atomic mass is 9.94. The third-order valence-corrected chi connectivity index (χ3v) is 3.19. The lowest BCUT2D eigenvalue weighted by Gasteiger charge is -2.26. The molecular formula is C12H24N2O3. The number of carbonyl (C=O) groups is 1. The number of hydrogen-bond donors (Lipinski definition) is 2. The minimum atomic E-state index is -0.595. The van der Waals surface area contributed by atoms with Gasteiger partial charge in [0.15, 0.2) is 0 Å². The van der Waals surface area contributed by atoms with Crippen molar-refractivity contribution in [3.8, 4) is 0 Å². The van der Waals surface area contributed by atoms with Gasteiger partial charge in [0.1, 0.15) is 0 Å². The molecule has 0 aromatic rings. The van der Waals surface area contributed by atoms with Crippen LogP contribution in [0.4, 0.5) is 0 Å². The van der Waals surface area contributed by atoms with E-state index < -0.39 is 6.10 Å². The molecule has 0 radical (unpaired) electrons. The molecule has 0 aromatic carbocycles. The molecule has 2 N–H and O–H groups in total. The second-order valence-electron chi connectivity index (χ2n) is 4.78.